The molecule has 0 radical (unpaired) electrons. The Morgan fingerprint density at radius 1 is 1.20 bits per heavy atom. The molecule has 3 heterocycles. The number of nitrogens with zero attached hydrogens (tertiary/aromatic N) is 4. The van der Waals surface area contributed by atoms with Crippen LogP contribution in [0.5, 0.6) is 0 Å². The van der Waals surface area contributed by atoms with E-state index in [-0.39, 0.29) is 6.04 Å². The summed E-state index contributed by atoms with van der Waals surface area (Å²) in [4.78, 5) is 13.4. The maximum Gasteiger partial charge on any atom is 0.160 e. The summed E-state index contributed by atoms with van der Waals surface area (Å²) in [6.07, 6.45) is 3.57. The minimum atomic E-state index is 0.277. The van der Waals surface area contributed by atoms with Gasteiger partial charge in [-0.05, 0) is 38.1 Å². The van der Waals surface area contributed by atoms with Crippen LogP contribution in [0.25, 0.3) is 22.6 Å². The Morgan fingerprint density at radius 3 is 2.80 bits per heavy atom. The lowest BCUT2D eigenvalue weighted by Crippen LogP contribution is -2.05. The summed E-state index contributed by atoms with van der Waals surface area (Å²) in [6, 6.07) is 8.11. The van der Waals surface area contributed by atoms with Crippen LogP contribution in [0.2, 0.25) is 0 Å². The molecule has 0 fully saturated rings. The van der Waals surface area contributed by atoms with E-state index in [4.69, 9.17) is 10.7 Å². The van der Waals surface area contributed by atoms with Gasteiger partial charge in [-0.1, -0.05) is 0 Å². The number of hydrogen-bond donors (Lipinski definition) is 1. The molecule has 0 saturated heterocycles. The van der Waals surface area contributed by atoms with Gasteiger partial charge >= 0.3 is 0 Å². The molecule has 0 aliphatic carbocycles. The quantitative estimate of drug-likeness (QED) is 0.791. The number of rotatable bonds is 3. The van der Waals surface area contributed by atoms with Gasteiger partial charge in [0.15, 0.2) is 5.65 Å². The third-order valence-corrected chi connectivity index (χ3v) is 3.25. The highest BCUT2D eigenvalue weighted by Gasteiger charge is 2.15. The van der Waals surface area contributed by atoms with Gasteiger partial charge in [-0.2, -0.15) is 0 Å². The molecule has 0 aromatic carbocycles. The zero-order valence-corrected chi connectivity index (χ0v) is 11.6. The monoisotopic (exact) mass is 267 g/mol. The fourth-order valence-corrected chi connectivity index (χ4v) is 2.35. The van der Waals surface area contributed by atoms with E-state index in [0.29, 0.717) is 6.54 Å². The second-order valence-electron chi connectivity index (χ2n) is 4.99. The zero-order chi connectivity index (χ0) is 14.1. The predicted octanol–water partition coefficient (Wildman–Crippen LogP) is 2.53. The summed E-state index contributed by atoms with van der Waals surface area (Å²) in [5, 5.41) is 0. The van der Waals surface area contributed by atoms with Crippen LogP contribution < -0.4 is 5.73 Å². The van der Waals surface area contributed by atoms with Crippen molar-refractivity contribution in [1.29, 1.82) is 0 Å². The first-order valence-corrected chi connectivity index (χ1v) is 6.69. The maximum atomic E-state index is 5.67. The van der Waals surface area contributed by atoms with Crippen molar-refractivity contribution in [3.63, 3.8) is 0 Å². The van der Waals surface area contributed by atoms with Crippen molar-refractivity contribution in [2.45, 2.75) is 26.4 Å². The lowest BCUT2D eigenvalue weighted by atomic mass is 10.2. The fourth-order valence-electron chi connectivity index (χ4n) is 2.35. The molecule has 0 unspecified atom stereocenters. The van der Waals surface area contributed by atoms with Crippen LogP contribution >= 0.6 is 0 Å². The first-order valence-electron chi connectivity index (χ1n) is 6.69. The lowest BCUT2D eigenvalue weighted by Gasteiger charge is -2.12. The third kappa shape index (κ3) is 2.06. The van der Waals surface area contributed by atoms with Crippen molar-refractivity contribution >= 4 is 11.2 Å². The fraction of sp³-hybridized carbons (Fsp3) is 0.267. The molecule has 2 N–H and O–H groups in total. The predicted molar refractivity (Wildman–Crippen MR) is 79.0 cm³/mol. The molecular weight excluding hydrogens is 250 g/mol. The van der Waals surface area contributed by atoms with Gasteiger partial charge in [0.2, 0.25) is 0 Å². The van der Waals surface area contributed by atoms with Crippen molar-refractivity contribution in [3.05, 3.63) is 42.4 Å². The van der Waals surface area contributed by atoms with E-state index in [1.165, 1.54) is 0 Å². The molecule has 5 heteroatoms. The summed E-state index contributed by atoms with van der Waals surface area (Å²) in [6.45, 7) is 4.68. The van der Waals surface area contributed by atoms with Crippen LogP contribution in [-0.4, -0.2) is 19.5 Å². The summed E-state index contributed by atoms with van der Waals surface area (Å²) in [7, 11) is 0. The van der Waals surface area contributed by atoms with E-state index in [0.717, 1.165) is 28.2 Å². The molecule has 0 amide bonds. The minimum absolute atomic E-state index is 0.277. The molecular formula is C15H17N5. The van der Waals surface area contributed by atoms with Crippen LogP contribution in [0.1, 0.15) is 25.6 Å². The number of pyridine rings is 2. The molecule has 5 nitrogen and oxygen atoms in total. The standard InChI is InChI=1S/C15H17N5/c1-10(2)20-14(11-5-7-17-12(8-11)9-16)19-13-4-3-6-18-15(13)20/h3-8,10H,9,16H2,1-2H3. The van der Waals surface area contributed by atoms with Gasteiger partial charge in [0.1, 0.15) is 11.3 Å². The molecule has 3 rings (SSSR count). The van der Waals surface area contributed by atoms with Crippen molar-refractivity contribution in [1.82, 2.24) is 19.5 Å². The summed E-state index contributed by atoms with van der Waals surface area (Å²) in [5.74, 6) is 0.908. The number of aromatic nitrogens is 4. The van der Waals surface area contributed by atoms with Gasteiger partial charge in [-0.25, -0.2) is 9.97 Å². The Kier molecular flexibility index (Phi) is 3.20. The van der Waals surface area contributed by atoms with Crippen molar-refractivity contribution in [2.24, 2.45) is 5.73 Å². The molecule has 0 saturated carbocycles. The Balaban J connectivity index is 2.26. The number of hydrogen-bond acceptors (Lipinski definition) is 4. The largest absolute Gasteiger partial charge is 0.325 e. The molecule has 102 valence electrons. The Bertz CT molecular complexity index is 745. The zero-order valence-electron chi connectivity index (χ0n) is 11.6. The first kappa shape index (κ1) is 12.7. The van der Waals surface area contributed by atoms with Crippen LogP contribution in [0.3, 0.4) is 0 Å². The molecule has 0 spiro atoms. The van der Waals surface area contributed by atoms with Gasteiger partial charge in [-0.3, -0.25) is 4.98 Å². The highest BCUT2D eigenvalue weighted by molar-refractivity contribution is 5.77. The maximum absolute atomic E-state index is 5.67. The summed E-state index contributed by atoms with van der Waals surface area (Å²) in [5.41, 5.74) is 9.36. The van der Waals surface area contributed by atoms with E-state index in [2.05, 4.69) is 28.4 Å². The molecule has 0 bridgehead atoms. The second kappa shape index (κ2) is 5.02. The molecule has 20 heavy (non-hydrogen) atoms. The van der Waals surface area contributed by atoms with E-state index in [1.807, 2.05) is 24.3 Å². The van der Waals surface area contributed by atoms with E-state index in [1.54, 1.807) is 12.4 Å². The molecule has 3 aromatic rings. The average molecular weight is 267 g/mol. The Labute approximate surface area is 117 Å². The van der Waals surface area contributed by atoms with E-state index >= 15 is 0 Å². The van der Waals surface area contributed by atoms with E-state index < -0.39 is 0 Å². The third-order valence-electron chi connectivity index (χ3n) is 3.25. The first-order chi connectivity index (χ1) is 9.70. The van der Waals surface area contributed by atoms with Crippen LogP contribution in [0, 0.1) is 0 Å². The smallest absolute Gasteiger partial charge is 0.160 e. The minimum Gasteiger partial charge on any atom is -0.325 e. The summed E-state index contributed by atoms with van der Waals surface area (Å²) >= 11 is 0. The number of fused-ring (bicyclic) bond motifs is 1. The molecule has 0 aliphatic rings. The number of imidazole rings is 1. The SMILES string of the molecule is CC(C)n1c(-c2ccnc(CN)c2)nc2cccnc21. The van der Waals surface area contributed by atoms with E-state index in [9.17, 15) is 0 Å². The van der Waals surface area contributed by atoms with Crippen molar-refractivity contribution < 1.29 is 0 Å². The molecule has 3 aromatic heterocycles. The highest BCUT2D eigenvalue weighted by atomic mass is 15.1. The van der Waals surface area contributed by atoms with Crippen LogP contribution in [0.4, 0.5) is 0 Å². The van der Waals surface area contributed by atoms with Gasteiger partial charge in [0.25, 0.3) is 0 Å². The van der Waals surface area contributed by atoms with Gasteiger partial charge in [0.05, 0.1) is 5.69 Å². The van der Waals surface area contributed by atoms with Crippen LogP contribution in [-0.2, 0) is 6.54 Å². The number of nitrogens with two attached hydrogens (primary N) is 1. The van der Waals surface area contributed by atoms with Crippen molar-refractivity contribution in [3.8, 4) is 11.4 Å². The average Bonchev–Trinajstić information content (AvgIpc) is 2.87. The summed E-state index contributed by atoms with van der Waals surface area (Å²) < 4.78 is 2.14. The van der Waals surface area contributed by atoms with Crippen LogP contribution in [0.15, 0.2) is 36.7 Å². The normalized spacial score (nSPS) is 11.4. The van der Waals surface area contributed by atoms with Gasteiger partial charge in [0, 0.05) is 30.5 Å². The lowest BCUT2D eigenvalue weighted by molar-refractivity contribution is 0.619. The molecule has 0 atom stereocenters. The second-order valence-corrected chi connectivity index (χ2v) is 4.99. The van der Waals surface area contributed by atoms with Gasteiger partial charge < -0.3 is 10.3 Å². The topological polar surface area (TPSA) is 69.6 Å². The Hall–Kier alpha value is -2.27. The molecule has 0 aliphatic heterocycles. The van der Waals surface area contributed by atoms with Gasteiger partial charge in [-0.15, -0.1) is 0 Å². The Morgan fingerprint density at radius 2 is 2.05 bits per heavy atom. The highest BCUT2D eigenvalue weighted by Crippen LogP contribution is 2.27. The van der Waals surface area contributed by atoms with Crippen molar-refractivity contribution in [2.75, 3.05) is 0 Å².